The third-order valence-electron chi connectivity index (χ3n) is 2.78. The lowest BCUT2D eigenvalue weighted by molar-refractivity contribution is -0.384. The first kappa shape index (κ1) is 14.4. The fraction of sp³-hybridized carbons (Fsp3) is 0.0769. The number of nitrogens with one attached hydrogen (secondary N) is 2. The van der Waals surface area contributed by atoms with E-state index < -0.39 is 10.8 Å². The molecule has 8 nitrogen and oxygen atoms in total. The minimum absolute atomic E-state index is 0.133. The average Bonchev–Trinajstić information content (AvgIpc) is 2.48. The number of aryl methyl sites for hydroxylation is 1. The number of benzene rings is 1. The van der Waals surface area contributed by atoms with E-state index in [1.54, 1.807) is 12.1 Å². The van der Waals surface area contributed by atoms with Crippen LogP contribution >= 0.6 is 0 Å². The molecule has 0 fully saturated rings. The molecule has 0 saturated heterocycles. The summed E-state index contributed by atoms with van der Waals surface area (Å²) >= 11 is 0. The number of carbonyl (C=O) groups is 1. The van der Waals surface area contributed by atoms with Crippen LogP contribution in [0.2, 0.25) is 0 Å². The number of carbonyl (C=O) groups excluding carboxylic acids is 1. The lowest BCUT2D eigenvalue weighted by atomic mass is 10.1. The van der Waals surface area contributed by atoms with Crippen LogP contribution < -0.4 is 16.6 Å². The van der Waals surface area contributed by atoms with Crippen molar-refractivity contribution in [1.82, 2.24) is 4.98 Å². The van der Waals surface area contributed by atoms with Gasteiger partial charge in [-0.05, 0) is 31.2 Å². The largest absolute Gasteiger partial charge is 0.321 e. The van der Waals surface area contributed by atoms with Gasteiger partial charge in [0.25, 0.3) is 11.6 Å². The highest BCUT2D eigenvalue weighted by molar-refractivity contribution is 6.05. The molecule has 0 aliphatic carbocycles. The number of hydrazine groups is 1. The molecule has 0 aliphatic heterocycles. The lowest BCUT2D eigenvalue weighted by Crippen LogP contribution is -2.14. The first-order valence-corrected chi connectivity index (χ1v) is 6.00. The van der Waals surface area contributed by atoms with Crippen molar-refractivity contribution >= 4 is 23.0 Å². The van der Waals surface area contributed by atoms with Crippen LogP contribution in [-0.2, 0) is 0 Å². The highest BCUT2D eigenvalue weighted by atomic mass is 16.6. The zero-order chi connectivity index (χ0) is 15.4. The molecule has 0 aliphatic rings. The van der Waals surface area contributed by atoms with E-state index in [0.29, 0.717) is 5.69 Å². The monoisotopic (exact) mass is 287 g/mol. The molecule has 1 heterocycles. The summed E-state index contributed by atoms with van der Waals surface area (Å²) in [6, 6.07) is 7.43. The lowest BCUT2D eigenvalue weighted by Gasteiger charge is -2.07. The van der Waals surface area contributed by atoms with Crippen LogP contribution in [-0.4, -0.2) is 15.8 Å². The van der Waals surface area contributed by atoms with Crippen molar-refractivity contribution in [2.45, 2.75) is 6.92 Å². The molecule has 0 spiro atoms. The van der Waals surface area contributed by atoms with E-state index in [2.05, 4.69) is 15.7 Å². The molecule has 8 heteroatoms. The Morgan fingerprint density at radius 1 is 1.33 bits per heavy atom. The van der Waals surface area contributed by atoms with Crippen LogP contribution in [0.1, 0.15) is 16.1 Å². The molecule has 108 valence electrons. The summed E-state index contributed by atoms with van der Waals surface area (Å²) < 4.78 is 0. The molecule has 0 radical (unpaired) electrons. The van der Waals surface area contributed by atoms with Crippen molar-refractivity contribution in [2.24, 2.45) is 5.84 Å². The highest BCUT2D eigenvalue weighted by Crippen LogP contribution is 2.25. The van der Waals surface area contributed by atoms with Gasteiger partial charge in [0.05, 0.1) is 16.8 Å². The summed E-state index contributed by atoms with van der Waals surface area (Å²) in [7, 11) is 0. The van der Waals surface area contributed by atoms with E-state index in [0.717, 1.165) is 11.8 Å². The van der Waals surface area contributed by atoms with Crippen LogP contribution in [0, 0.1) is 17.0 Å². The molecule has 1 aromatic carbocycles. The van der Waals surface area contributed by atoms with Gasteiger partial charge in [0, 0.05) is 17.3 Å². The number of hydrogen-bond donors (Lipinski definition) is 3. The molecule has 1 amide bonds. The predicted octanol–water partition coefficient (Wildman–Crippen LogP) is 1.84. The summed E-state index contributed by atoms with van der Waals surface area (Å²) in [6.07, 6.45) is 1.51. The molecular formula is C13H13N5O3. The van der Waals surface area contributed by atoms with E-state index in [9.17, 15) is 14.9 Å². The Bertz CT molecular complexity index is 685. The van der Waals surface area contributed by atoms with Crippen molar-refractivity contribution in [3.63, 3.8) is 0 Å². The van der Waals surface area contributed by atoms with Crippen LogP contribution in [0.3, 0.4) is 0 Å². The maximum absolute atomic E-state index is 12.1. The molecule has 0 saturated carbocycles. The number of anilines is 2. The van der Waals surface area contributed by atoms with Gasteiger partial charge in [-0.3, -0.25) is 25.7 Å². The summed E-state index contributed by atoms with van der Waals surface area (Å²) in [5.41, 5.74) is 3.56. The first-order chi connectivity index (χ1) is 10.0. The predicted molar refractivity (Wildman–Crippen MR) is 77.8 cm³/mol. The van der Waals surface area contributed by atoms with Gasteiger partial charge in [0.1, 0.15) is 5.69 Å². The number of nitro benzene ring substituents is 1. The van der Waals surface area contributed by atoms with Crippen LogP contribution in [0.15, 0.2) is 36.5 Å². The van der Waals surface area contributed by atoms with E-state index in [1.165, 1.54) is 18.3 Å². The topological polar surface area (TPSA) is 123 Å². The van der Waals surface area contributed by atoms with E-state index in [4.69, 9.17) is 5.84 Å². The van der Waals surface area contributed by atoms with E-state index in [1.807, 2.05) is 6.92 Å². The number of nitrogens with two attached hydrogens (primary N) is 1. The third-order valence-corrected chi connectivity index (χ3v) is 2.78. The molecule has 0 atom stereocenters. The van der Waals surface area contributed by atoms with Gasteiger partial charge < -0.3 is 10.7 Å². The SMILES string of the molecule is Cc1ccc(NC(=O)c2ccc(NN)c([N+](=O)[O-])c2)cn1. The Balaban J connectivity index is 2.25. The first-order valence-electron chi connectivity index (χ1n) is 6.00. The van der Waals surface area contributed by atoms with Crippen LogP contribution in [0.4, 0.5) is 17.1 Å². The summed E-state index contributed by atoms with van der Waals surface area (Å²) in [5.74, 6) is 4.72. The van der Waals surface area contributed by atoms with E-state index >= 15 is 0 Å². The van der Waals surface area contributed by atoms with Gasteiger partial charge in [0.15, 0.2) is 0 Å². The minimum atomic E-state index is -0.612. The zero-order valence-electron chi connectivity index (χ0n) is 11.2. The van der Waals surface area contributed by atoms with E-state index in [-0.39, 0.29) is 16.9 Å². The quantitative estimate of drug-likeness (QED) is 0.448. The van der Waals surface area contributed by atoms with Crippen LogP contribution in [0.25, 0.3) is 0 Å². The molecule has 1 aromatic heterocycles. The van der Waals surface area contributed by atoms with Crippen molar-refractivity contribution in [2.75, 3.05) is 10.7 Å². The van der Waals surface area contributed by atoms with Gasteiger partial charge in [-0.25, -0.2) is 0 Å². The van der Waals surface area contributed by atoms with Crippen LogP contribution in [0.5, 0.6) is 0 Å². The van der Waals surface area contributed by atoms with Crippen molar-refractivity contribution in [3.05, 3.63) is 57.9 Å². The Morgan fingerprint density at radius 3 is 2.67 bits per heavy atom. The summed E-state index contributed by atoms with van der Waals surface area (Å²) in [6.45, 7) is 1.83. The smallest absolute Gasteiger partial charge is 0.294 e. The van der Waals surface area contributed by atoms with Crippen molar-refractivity contribution in [1.29, 1.82) is 0 Å². The summed E-state index contributed by atoms with van der Waals surface area (Å²) in [4.78, 5) is 26.4. The molecule has 2 aromatic rings. The standard InChI is InChI=1S/C13H13N5O3/c1-8-2-4-10(7-15-8)16-13(19)9-3-5-11(17-14)12(6-9)18(20)21/h2-7,17H,14H2,1H3,(H,16,19). The Kier molecular flexibility index (Phi) is 4.10. The molecule has 4 N–H and O–H groups in total. The van der Waals surface area contributed by atoms with Gasteiger partial charge in [-0.2, -0.15) is 0 Å². The van der Waals surface area contributed by atoms with Crippen molar-refractivity contribution in [3.8, 4) is 0 Å². The molecule has 2 rings (SSSR count). The molecule has 21 heavy (non-hydrogen) atoms. The van der Waals surface area contributed by atoms with Gasteiger partial charge in [-0.15, -0.1) is 0 Å². The molecular weight excluding hydrogens is 274 g/mol. The maximum atomic E-state index is 12.1. The van der Waals surface area contributed by atoms with Gasteiger partial charge >= 0.3 is 0 Å². The summed E-state index contributed by atoms with van der Waals surface area (Å²) in [5, 5.41) is 13.5. The Labute approximate surface area is 120 Å². The highest BCUT2D eigenvalue weighted by Gasteiger charge is 2.17. The third kappa shape index (κ3) is 3.31. The fourth-order valence-corrected chi connectivity index (χ4v) is 1.69. The number of rotatable bonds is 4. The second kappa shape index (κ2) is 5.97. The number of pyridine rings is 1. The number of nitrogen functional groups attached to an aromatic ring is 1. The van der Waals surface area contributed by atoms with Gasteiger partial charge in [-0.1, -0.05) is 0 Å². The number of aromatic nitrogens is 1. The average molecular weight is 287 g/mol. The zero-order valence-corrected chi connectivity index (χ0v) is 11.2. The number of nitrogens with zero attached hydrogens (tertiary/aromatic N) is 2. The van der Waals surface area contributed by atoms with Gasteiger partial charge in [0.2, 0.25) is 0 Å². The second-order valence-electron chi connectivity index (χ2n) is 4.28. The second-order valence-corrected chi connectivity index (χ2v) is 4.28. The Hall–Kier alpha value is -3.00. The van der Waals surface area contributed by atoms with Crippen molar-refractivity contribution < 1.29 is 9.72 Å². The number of amides is 1. The fourth-order valence-electron chi connectivity index (χ4n) is 1.69. The number of hydrogen-bond acceptors (Lipinski definition) is 6. The minimum Gasteiger partial charge on any atom is -0.321 e. The normalized spacial score (nSPS) is 10.0. The number of nitro groups is 1. The molecule has 0 unspecified atom stereocenters. The Morgan fingerprint density at radius 2 is 2.10 bits per heavy atom. The maximum Gasteiger partial charge on any atom is 0.294 e. The molecule has 0 bridgehead atoms.